The summed E-state index contributed by atoms with van der Waals surface area (Å²) in [7, 11) is -3.25. The van der Waals surface area contributed by atoms with Crippen molar-refractivity contribution in [1.29, 1.82) is 0 Å². The zero-order valence-corrected chi connectivity index (χ0v) is 10.3. The third kappa shape index (κ3) is 3.54. The third-order valence-corrected chi connectivity index (χ3v) is 2.53. The van der Waals surface area contributed by atoms with E-state index in [1.54, 1.807) is 0 Å². The molecule has 0 bridgehead atoms. The number of anilines is 1. The highest BCUT2D eigenvalue weighted by Gasteiger charge is 2.14. The number of hydrogen-bond acceptors (Lipinski definition) is 3. The van der Waals surface area contributed by atoms with Crippen molar-refractivity contribution in [3.63, 3.8) is 0 Å². The normalized spacial score (nSPS) is 12.1. The number of sulfonamides is 1. The molecule has 0 radical (unpaired) electrons. The first kappa shape index (κ1) is 12.0. The number of aromatic nitrogens is 2. The summed E-state index contributed by atoms with van der Waals surface area (Å²) in [6.45, 7) is 6.05. The van der Waals surface area contributed by atoms with Crippen molar-refractivity contribution in [2.45, 2.75) is 27.2 Å². The molecule has 0 spiro atoms. The van der Waals surface area contributed by atoms with Gasteiger partial charge in [-0.1, -0.05) is 13.8 Å². The lowest BCUT2D eigenvalue weighted by atomic mass is 10.0. The Morgan fingerprint density at radius 1 is 1.47 bits per heavy atom. The minimum absolute atomic E-state index is 0.420. The van der Waals surface area contributed by atoms with E-state index < -0.39 is 10.0 Å². The highest BCUT2D eigenvalue weighted by Crippen LogP contribution is 2.20. The molecule has 1 rings (SSSR count). The van der Waals surface area contributed by atoms with Gasteiger partial charge in [0.15, 0.2) is 5.82 Å². The molecule has 0 aliphatic carbocycles. The van der Waals surface area contributed by atoms with Gasteiger partial charge in [-0.15, -0.1) is 0 Å². The van der Waals surface area contributed by atoms with Crippen LogP contribution in [0.2, 0.25) is 0 Å². The van der Waals surface area contributed by atoms with Gasteiger partial charge in [-0.25, -0.2) is 8.42 Å². The molecule has 5 nitrogen and oxygen atoms in total. The average Bonchev–Trinajstić information content (AvgIpc) is 2.32. The smallest absolute Gasteiger partial charge is 0.231 e. The summed E-state index contributed by atoms with van der Waals surface area (Å²) in [5.74, 6) is 0.880. The molecule has 0 fully saturated rings. The fourth-order valence-corrected chi connectivity index (χ4v) is 1.89. The first-order valence-electron chi connectivity index (χ1n) is 4.81. The minimum atomic E-state index is -3.25. The molecule has 0 aromatic carbocycles. The van der Waals surface area contributed by atoms with Gasteiger partial charge in [-0.3, -0.25) is 9.82 Å². The predicted molar refractivity (Wildman–Crippen MR) is 60.3 cm³/mol. The molecule has 1 aromatic rings. The Hall–Kier alpha value is -1.04. The largest absolute Gasteiger partial charge is 0.280 e. The molecule has 0 amide bonds. The second-order valence-electron chi connectivity index (χ2n) is 4.15. The summed E-state index contributed by atoms with van der Waals surface area (Å²) in [5.41, 5.74) is 1.85. The van der Waals surface area contributed by atoms with E-state index in [0.29, 0.717) is 11.7 Å². The molecule has 1 aromatic heterocycles. The van der Waals surface area contributed by atoms with Gasteiger partial charge in [0.25, 0.3) is 0 Å². The molecule has 0 atom stereocenters. The van der Waals surface area contributed by atoms with Crippen LogP contribution in [-0.4, -0.2) is 24.9 Å². The zero-order chi connectivity index (χ0) is 11.6. The highest BCUT2D eigenvalue weighted by atomic mass is 32.2. The van der Waals surface area contributed by atoms with Crippen molar-refractivity contribution in [2.75, 3.05) is 11.0 Å². The van der Waals surface area contributed by atoms with Gasteiger partial charge >= 0.3 is 0 Å². The summed E-state index contributed by atoms with van der Waals surface area (Å²) in [4.78, 5) is 0. The maximum atomic E-state index is 11.1. The highest BCUT2D eigenvalue weighted by molar-refractivity contribution is 7.92. The van der Waals surface area contributed by atoms with Gasteiger partial charge in [-0.05, 0) is 19.3 Å². The van der Waals surface area contributed by atoms with E-state index in [0.717, 1.165) is 23.9 Å². The predicted octanol–water partition coefficient (Wildman–Crippen LogP) is 1.29. The van der Waals surface area contributed by atoms with Crippen molar-refractivity contribution in [3.05, 3.63) is 11.3 Å². The number of hydrogen-bond donors (Lipinski definition) is 2. The van der Waals surface area contributed by atoms with Crippen LogP contribution in [0, 0.1) is 12.8 Å². The van der Waals surface area contributed by atoms with Crippen LogP contribution in [0.5, 0.6) is 0 Å². The Morgan fingerprint density at radius 2 is 2.07 bits per heavy atom. The molecule has 2 N–H and O–H groups in total. The van der Waals surface area contributed by atoms with E-state index in [1.807, 2.05) is 6.92 Å². The number of rotatable bonds is 4. The zero-order valence-electron chi connectivity index (χ0n) is 9.46. The second kappa shape index (κ2) is 4.22. The van der Waals surface area contributed by atoms with Crippen LogP contribution in [0.4, 0.5) is 5.82 Å². The lowest BCUT2D eigenvalue weighted by molar-refractivity contribution is 0.606. The first-order valence-corrected chi connectivity index (χ1v) is 6.70. The molecular weight excluding hydrogens is 214 g/mol. The van der Waals surface area contributed by atoms with Crippen LogP contribution in [0.25, 0.3) is 0 Å². The molecule has 6 heteroatoms. The van der Waals surface area contributed by atoms with Crippen LogP contribution in [-0.2, 0) is 16.4 Å². The maximum Gasteiger partial charge on any atom is 0.231 e. The summed E-state index contributed by atoms with van der Waals surface area (Å²) in [6.07, 6.45) is 1.93. The van der Waals surface area contributed by atoms with Crippen LogP contribution in [0.3, 0.4) is 0 Å². The topological polar surface area (TPSA) is 74.8 Å². The average molecular weight is 231 g/mol. The van der Waals surface area contributed by atoms with Crippen molar-refractivity contribution in [2.24, 2.45) is 5.92 Å². The molecule has 1 heterocycles. The molecule has 0 saturated carbocycles. The van der Waals surface area contributed by atoms with Gasteiger partial charge in [0.2, 0.25) is 10.0 Å². The molecule has 0 aliphatic heterocycles. The van der Waals surface area contributed by atoms with Gasteiger partial charge in [-0.2, -0.15) is 5.10 Å². The maximum absolute atomic E-state index is 11.1. The van der Waals surface area contributed by atoms with E-state index in [4.69, 9.17) is 0 Å². The SMILES string of the molecule is Cc1[nH]nc(NS(C)(=O)=O)c1CC(C)C. The van der Waals surface area contributed by atoms with Crippen LogP contribution in [0.15, 0.2) is 0 Å². The summed E-state index contributed by atoms with van der Waals surface area (Å²) < 4.78 is 24.6. The van der Waals surface area contributed by atoms with Gasteiger partial charge < -0.3 is 0 Å². The summed E-state index contributed by atoms with van der Waals surface area (Å²) in [6, 6.07) is 0. The lowest BCUT2D eigenvalue weighted by Crippen LogP contribution is -2.12. The molecule has 0 saturated heterocycles. The van der Waals surface area contributed by atoms with E-state index in [9.17, 15) is 8.42 Å². The number of nitrogens with one attached hydrogen (secondary N) is 2. The Morgan fingerprint density at radius 3 is 2.53 bits per heavy atom. The van der Waals surface area contributed by atoms with Gasteiger partial charge in [0.1, 0.15) is 0 Å². The fourth-order valence-electron chi connectivity index (χ4n) is 1.37. The van der Waals surface area contributed by atoms with Crippen molar-refractivity contribution >= 4 is 15.8 Å². The van der Waals surface area contributed by atoms with Gasteiger partial charge in [0.05, 0.1) is 6.26 Å². The van der Waals surface area contributed by atoms with E-state index in [-0.39, 0.29) is 0 Å². The van der Waals surface area contributed by atoms with Crippen LogP contribution in [0.1, 0.15) is 25.1 Å². The molecule has 86 valence electrons. The standard InChI is InChI=1S/C9H17N3O2S/c1-6(2)5-8-7(3)10-11-9(8)12-15(4,13)14/h6H,5H2,1-4H3,(H2,10,11,12). The van der Waals surface area contributed by atoms with Crippen LogP contribution < -0.4 is 4.72 Å². The summed E-state index contributed by atoms with van der Waals surface area (Å²) in [5, 5.41) is 6.73. The monoisotopic (exact) mass is 231 g/mol. The first-order chi connectivity index (χ1) is 6.79. The Bertz CT molecular complexity index is 434. The minimum Gasteiger partial charge on any atom is -0.280 e. The lowest BCUT2D eigenvalue weighted by Gasteiger charge is -2.07. The van der Waals surface area contributed by atoms with Crippen molar-refractivity contribution in [3.8, 4) is 0 Å². The Kier molecular flexibility index (Phi) is 3.38. The van der Waals surface area contributed by atoms with E-state index in [2.05, 4.69) is 28.8 Å². The second-order valence-corrected chi connectivity index (χ2v) is 5.90. The molecule has 0 unspecified atom stereocenters. The quantitative estimate of drug-likeness (QED) is 0.820. The molecular formula is C9H17N3O2S. The fraction of sp³-hybridized carbons (Fsp3) is 0.667. The van der Waals surface area contributed by atoms with E-state index >= 15 is 0 Å². The Labute approximate surface area is 90.3 Å². The van der Waals surface area contributed by atoms with Crippen molar-refractivity contribution < 1.29 is 8.42 Å². The Balaban J connectivity index is 2.98. The number of aryl methyl sites for hydroxylation is 1. The number of nitrogens with zero attached hydrogens (tertiary/aromatic N) is 1. The molecule has 15 heavy (non-hydrogen) atoms. The summed E-state index contributed by atoms with van der Waals surface area (Å²) >= 11 is 0. The molecule has 0 aliphatic rings. The van der Waals surface area contributed by atoms with Gasteiger partial charge in [0, 0.05) is 11.3 Å². The van der Waals surface area contributed by atoms with E-state index in [1.165, 1.54) is 0 Å². The third-order valence-electron chi connectivity index (χ3n) is 1.97. The van der Waals surface area contributed by atoms with Crippen LogP contribution >= 0.6 is 0 Å². The number of aromatic amines is 1. The number of H-pyrrole nitrogens is 1. The van der Waals surface area contributed by atoms with Crippen molar-refractivity contribution in [1.82, 2.24) is 10.2 Å².